The van der Waals surface area contributed by atoms with Crippen LogP contribution in [0, 0.1) is 16.0 Å². The Morgan fingerprint density at radius 1 is 1.57 bits per heavy atom. The van der Waals surface area contributed by atoms with Crippen LogP contribution >= 0.6 is 15.9 Å². The number of carboxylic acid groups (broad SMARTS) is 1. The van der Waals surface area contributed by atoms with Crippen molar-refractivity contribution in [1.29, 1.82) is 0 Å². The molecular formula is C14H17BrN2O4. The van der Waals surface area contributed by atoms with E-state index >= 15 is 0 Å². The number of halogens is 1. The number of hydrogen-bond donors (Lipinski definition) is 1. The van der Waals surface area contributed by atoms with Crippen molar-refractivity contribution in [2.75, 3.05) is 6.54 Å². The van der Waals surface area contributed by atoms with Crippen molar-refractivity contribution < 1.29 is 14.8 Å². The second-order valence-corrected chi connectivity index (χ2v) is 6.32. The molecule has 1 aliphatic heterocycles. The molecule has 0 aliphatic carbocycles. The van der Waals surface area contributed by atoms with E-state index in [1.165, 1.54) is 6.07 Å². The molecule has 0 saturated carbocycles. The molecule has 2 rings (SSSR count). The fourth-order valence-electron chi connectivity index (χ4n) is 2.91. The molecule has 2 unspecified atom stereocenters. The molecule has 0 radical (unpaired) electrons. The van der Waals surface area contributed by atoms with Crippen molar-refractivity contribution in [3.8, 4) is 0 Å². The summed E-state index contributed by atoms with van der Waals surface area (Å²) in [6, 6.07) is 4.30. The van der Waals surface area contributed by atoms with Crippen LogP contribution in [-0.2, 0) is 11.3 Å². The molecule has 0 bridgehead atoms. The van der Waals surface area contributed by atoms with Crippen LogP contribution in [0.25, 0.3) is 0 Å². The van der Waals surface area contributed by atoms with E-state index in [0.717, 1.165) is 12.8 Å². The molecule has 1 aromatic rings. The quantitative estimate of drug-likeness (QED) is 0.661. The zero-order valence-electron chi connectivity index (χ0n) is 11.7. The Balaban J connectivity index is 2.28. The number of aliphatic carboxylic acids is 1. The number of carboxylic acids is 1. The highest BCUT2D eigenvalue weighted by atomic mass is 79.9. The zero-order valence-corrected chi connectivity index (χ0v) is 13.2. The van der Waals surface area contributed by atoms with E-state index in [2.05, 4.69) is 15.9 Å². The van der Waals surface area contributed by atoms with Crippen molar-refractivity contribution in [2.45, 2.75) is 32.4 Å². The van der Waals surface area contributed by atoms with Gasteiger partial charge in [-0.1, -0.05) is 22.9 Å². The normalized spacial score (nSPS) is 23.0. The highest BCUT2D eigenvalue weighted by Gasteiger charge is 2.35. The molecule has 6 nitrogen and oxygen atoms in total. The molecule has 1 N–H and O–H groups in total. The zero-order chi connectivity index (χ0) is 15.6. The van der Waals surface area contributed by atoms with Gasteiger partial charge < -0.3 is 5.11 Å². The highest BCUT2D eigenvalue weighted by molar-refractivity contribution is 9.10. The minimum Gasteiger partial charge on any atom is -0.480 e. The van der Waals surface area contributed by atoms with Gasteiger partial charge in [-0.3, -0.25) is 19.8 Å². The van der Waals surface area contributed by atoms with Gasteiger partial charge in [-0.25, -0.2) is 0 Å². The number of nitro benzene ring substituents is 1. The molecule has 2 atom stereocenters. The van der Waals surface area contributed by atoms with E-state index in [0.29, 0.717) is 16.6 Å². The summed E-state index contributed by atoms with van der Waals surface area (Å²) in [7, 11) is 0. The summed E-state index contributed by atoms with van der Waals surface area (Å²) in [6.45, 7) is 2.85. The van der Waals surface area contributed by atoms with Crippen LogP contribution in [0.5, 0.6) is 0 Å². The Hall–Kier alpha value is -1.47. The molecule has 0 aromatic heterocycles. The van der Waals surface area contributed by atoms with Crippen LogP contribution in [-0.4, -0.2) is 33.5 Å². The topological polar surface area (TPSA) is 83.7 Å². The third-order valence-electron chi connectivity index (χ3n) is 3.91. The monoisotopic (exact) mass is 356 g/mol. The summed E-state index contributed by atoms with van der Waals surface area (Å²) in [6.07, 6.45) is 1.78. The minimum absolute atomic E-state index is 0.0201. The maximum atomic E-state index is 11.5. The second-order valence-electron chi connectivity index (χ2n) is 5.40. The van der Waals surface area contributed by atoms with Crippen LogP contribution < -0.4 is 0 Å². The molecule has 1 aromatic carbocycles. The average molecular weight is 357 g/mol. The number of nitro groups is 1. The van der Waals surface area contributed by atoms with Gasteiger partial charge in [0.1, 0.15) is 6.04 Å². The fourth-order valence-corrected chi connectivity index (χ4v) is 3.26. The molecule has 0 spiro atoms. The summed E-state index contributed by atoms with van der Waals surface area (Å²) >= 11 is 3.22. The molecular weight excluding hydrogens is 340 g/mol. The van der Waals surface area contributed by atoms with E-state index in [4.69, 9.17) is 0 Å². The van der Waals surface area contributed by atoms with Crippen LogP contribution in [0.2, 0.25) is 0 Å². The predicted molar refractivity (Wildman–Crippen MR) is 81.0 cm³/mol. The van der Waals surface area contributed by atoms with E-state index in [-0.39, 0.29) is 18.2 Å². The maximum Gasteiger partial charge on any atom is 0.321 e. The van der Waals surface area contributed by atoms with Crippen molar-refractivity contribution >= 4 is 27.6 Å². The van der Waals surface area contributed by atoms with Crippen molar-refractivity contribution in [3.05, 3.63) is 38.3 Å². The van der Waals surface area contributed by atoms with E-state index in [1.807, 2.05) is 11.8 Å². The first-order valence-corrected chi connectivity index (χ1v) is 7.59. The lowest BCUT2D eigenvalue weighted by atomic mass is 9.90. The van der Waals surface area contributed by atoms with Gasteiger partial charge in [-0.05, 0) is 37.4 Å². The number of benzene rings is 1. The summed E-state index contributed by atoms with van der Waals surface area (Å²) in [5, 5.41) is 20.5. The Kier molecular flexibility index (Phi) is 4.95. The van der Waals surface area contributed by atoms with Crippen molar-refractivity contribution in [1.82, 2.24) is 4.90 Å². The molecule has 0 amide bonds. The standard InChI is InChI=1S/C14H17BrN2O4/c1-9-3-2-6-16(13(9)14(18)19)8-10-4-5-11(15)7-12(10)17(20)21/h4-5,7,9,13H,2-3,6,8H2,1H3,(H,18,19). The first kappa shape index (κ1) is 15.9. The van der Waals surface area contributed by atoms with Crippen LogP contribution in [0.4, 0.5) is 5.69 Å². The van der Waals surface area contributed by atoms with E-state index in [9.17, 15) is 20.0 Å². The Labute approximate surface area is 131 Å². The van der Waals surface area contributed by atoms with Crippen LogP contribution in [0.3, 0.4) is 0 Å². The number of likely N-dealkylation sites (tertiary alicyclic amines) is 1. The minimum atomic E-state index is -0.859. The van der Waals surface area contributed by atoms with Gasteiger partial charge in [0, 0.05) is 22.6 Å². The largest absolute Gasteiger partial charge is 0.480 e. The summed E-state index contributed by atoms with van der Waals surface area (Å²) < 4.78 is 0.639. The Morgan fingerprint density at radius 2 is 2.29 bits per heavy atom. The molecule has 7 heteroatoms. The van der Waals surface area contributed by atoms with Gasteiger partial charge in [0.25, 0.3) is 5.69 Å². The number of carbonyl (C=O) groups is 1. The summed E-state index contributed by atoms with van der Waals surface area (Å²) in [5.74, 6) is -0.812. The SMILES string of the molecule is CC1CCCN(Cc2ccc(Br)cc2[N+](=O)[O-])C1C(=O)O. The Morgan fingerprint density at radius 3 is 2.90 bits per heavy atom. The number of piperidine rings is 1. The highest BCUT2D eigenvalue weighted by Crippen LogP contribution is 2.29. The average Bonchev–Trinajstić information content (AvgIpc) is 2.40. The van der Waals surface area contributed by atoms with Gasteiger partial charge in [0.15, 0.2) is 0 Å². The van der Waals surface area contributed by atoms with Gasteiger partial charge >= 0.3 is 5.97 Å². The van der Waals surface area contributed by atoms with Crippen molar-refractivity contribution in [3.63, 3.8) is 0 Å². The Bertz CT molecular complexity index is 564. The molecule has 114 valence electrons. The van der Waals surface area contributed by atoms with Gasteiger partial charge in [0.2, 0.25) is 0 Å². The predicted octanol–water partition coefficient (Wildman–Crippen LogP) is 3.04. The maximum absolute atomic E-state index is 11.5. The van der Waals surface area contributed by atoms with Gasteiger partial charge in [-0.15, -0.1) is 0 Å². The molecule has 1 heterocycles. The van der Waals surface area contributed by atoms with E-state index < -0.39 is 16.9 Å². The van der Waals surface area contributed by atoms with Gasteiger partial charge in [0.05, 0.1) is 4.92 Å². The lowest BCUT2D eigenvalue weighted by molar-refractivity contribution is -0.385. The first-order chi connectivity index (χ1) is 9.90. The second kappa shape index (κ2) is 6.53. The third kappa shape index (κ3) is 3.59. The van der Waals surface area contributed by atoms with Crippen molar-refractivity contribution in [2.24, 2.45) is 5.92 Å². The lowest BCUT2D eigenvalue weighted by Crippen LogP contribution is -2.48. The van der Waals surface area contributed by atoms with Gasteiger partial charge in [-0.2, -0.15) is 0 Å². The number of hydrogen-bond acceptors (Lipinski definition) is 4. The fraction of sp³-hybridized carbons (Fsp3) is 0.500. The van der Waals surface area contributed by atoms with E-state index in [1.54, 1.807) is 12.1 Å². The molecule has 1 fully saturated rings. The van der Waals surface area contributed by atoms with Crippen LogP contribution in [0.1, 0.15) is 25.3 Å². The molecule has 1 aliphatic rings. The summed E-state index contributed by atoms with van der Waals surface area (Å²) in [4.78, 5) is 24.0. The third-order valence-corrected chi connectivity index (χ3v) is 4.40. The first-order valence-electron chi connectivity index (χ1n) is 6.80. The molecule has 21 heavy (non-hydrogen) atoms. The molecule has 1 saturated heterocycles. The lowest BCUT2D eigenvalue weighted by Gasteiger charge is -2.37. The number of nitrogens with zero attached hydrogens (tertiary/aromatic N) is 2. The van der Waals surface area contributed by atoms with Crippen LogP contribution in [0.15, 0.2) is 22.7 Å². The summed E-state index contributed by atoms with van der Waals surface area (Å²) in [5.41, 5.74) is 0.565. The number of rotatable bonds is 4. The smallest absolute Gasteiger partial charge is 0.321 e.